The summed E-state index contributed by atoms with van der Waals surface area (Å²) >= 11 is 1.14. The second-order valence-electron chi connectivity index (χ2n) is 3.11. The molecule has 0 bridgehead atoms. The van der Waals surface area contributed by atoms with Gasteiger partial charge in [-0.1, -0.05) is 11.3 Å². The molecule has 2 amide bonds. The van der Waals surface area contributed by atoms with E-state index in [1.165, 1.54) is 0 Å². The highest BCUT2D eigenvalue weighted by Crippen LogP contribution is 2.26. The minimum Gasteiger partial charge on any atom is -0.465 e. The van der Waals surface area contributed by atoms with Crippen molar-refractivity contribution in [1.29, 1.82) is 0 Å². The van der Waals surface area contributed by atoms with Crippen LogP contribution in [0.3, 0.4) is 0 Å². The molecule has 1 aromatic heterocycles. The average Bonchev–Trinajstić information content (AvgIpc) is 2.67. The Balaban J connectivity index is 2.40. The summed E-state index contributed by atoms with van der Waals surface area (Å²) in [5.74, 6) is 4.61. The van der Waals surface area contributed by atoms with E-state index in [1.807, 2.05) is 5.43 Å². The van der Waals surface area contributed by atoms with Crippen LogP contribution in [0, 0.1) is 0 Å². The van der Waals surface area contributed by atoms with E-state index in [4.69, 9.17) is 10.9 Å². The quantitative estimate of drug-likeness (QED) is 0.361. The van der Waals surface area contributed by atoms with Crippen LogP contribution in [0.1, 0.15) is 10.4 Å². The summed E-state index contributed by atoms with van der Waals surface area (Å²) in [7, 11) is 0. The maximum Gasteiger partial charge on any atom is 0.410 e. The number of fused-ring (bicyclic) bond motifs is 1. The van der Waals surface area contributed by atoms with Crippen LogP contribution in [0.25, 0.3) is 10.2 Å². The van der Waals surface area contributed by atoms with Gasteiger partial charge in [-0.2, -0.15) is 0 Å². The smallest absolute Gasteiger partial charge is 0.410 e. The molecule has 1 heterocycles. The number of nitrogens with two attached hydrogens (primary N) is 1. The molecule has 0 atom stereocenters. The topological polar surface area (TPSA) is 117 Å². The van der Waals surface area contributed by atoms with Gasteiger partial charge in [0.05, 0.1) is 10.2 Å². The Morgan fingerprint density at radius 2 is 2.18 bits per heavy atom. The molecule has 0 unspecified atom stereocenters. The number of carboxylic acid groups (broad SMARTS) is 1. The Kier molecular flexibility index (Phi) is 2.90. The molecule has 0 saturated heterocycles. The fraction of sp³-hybridized carbons (Fsp3) is 0. The monoisotopic (exact) mass is 252 g/mol. The third kappa shape index (κ3) is 2.32. The van der Waals surface area contributed by atoms with E-state index in [0.29, 0.717) is 15.8 Å². The summed E-state index contributed by atoms with van der Waals surface area (Å²) in [5.41, 5.74) is 3.03. The largest absolute Gasteiger partial charge is 0.465 e. The molecule has 2 aromatic rings. The number of carbonyl (C=O) groups is 2. The number of nitrogens with zero attached hydrogens (tertiary/aromatic N) is 1. The Labute approximate surface area is 99.2 Å². The zero-order chi connectivity index (χ0) is 12.4. The number of thiazole rings is 1. The van der Waals surface area contributed by atoms with Gasteiger partial charge in [0.25, 0.3) is 5.91 Å². The van der Waals surface area contributed by atoms with Crippen molar-refractivity contribution in [2.45, 2.75) is 0 Å². The summed E-state index contributed by atoms with van der Waals surface area (Å²) in [4.78, 5) is 25.8. The number of anilines is 1. The molecule has 5 N–H and O–H groups in total. The second kappa shape index (κ2) is 4.36. The third-order valence-electron chi connectivity index (χ3n) is 2.00. The van der Waals surface area contributed by atoms with Crippen molar-refractivity contribution < 1.29 is 14.7 Å². The number of nitrogens with one attached hydrogen (secondary N) is 2. The SMILES string of the molecule is NNC(=O)c1ccc2nc(NC(=O)O)sc2c1. The molecule has 0 aliphatic heterocycles. The molecule has 8 heteroatoms. The van der Waals surface area contributed by atoms with Crippen molar-refractivity contribution in [1.82, 2.24) is 10.4 Å². The van der Waals surface area contributed by atoms with E-state index in [9.17, 15) is 9.59 Å². The molecule has 0 aliphatic rings. The van der Waals surface area contributed by atoms with Gasteiger partial charge in [-0.25, -0.2) is 15.6 Å². The van der Waals surface area contributed by atoms with Gasteiger partial charge in [-0.05, 0) is 18.2 Å². The average molecular weight is 252 g/mol. The van der Waals surface area contributed by atoms with E-state index in [-0.39, 0.29) is 5.13 Å². The minimum atomic E-state index is -1.18. The van der Waals surface area contributed by atoms with Gasteiger partial charge in [-0.3, -0.25) is 15.5 Å². The van der Waals surface area contributed by atoms with Crippen LogP contribution in [0.4, 0.5) is 9.93 Å². The number of aromatic nitrogens is 1. The first-order chi connectivity index (χ1) is 8.10. The molecular formula is C9H8N4O3S. The molecule has 7 nitrogen and oxygen atoms in total. The molecule has 17 heavy (non-hydrogen) atoms. The van der Waals surface area contributed by atoms with E-state index in [0.717, 1.165) is 11.3 Å². The lowest BCUT2D eigenvalue weighted by atomic mass is 10.2. The first-order valence-electron chi connectivity index (χ1n) is 4.51. The number of nitrogen functional groups attached to an aromatic ring is 1. The Morgan fingerprint density at radius 3 is 2.82 bits per heavy atom. The number of benzene rings is 1. The first-order valence-corrected chi connectivity index (χ1v) is 5.33. The van der Waals surface area contributed by atoms with Gasteiger partial charge in [0.2, 0.25) is 0 Å². The number of amides is 2. The Morgan fingerprint density at radius 1 is 1.41 bits per heavy atom. The lowest BCUT2D eigenvalue weighted by Crippen LogP contribution is -2.29. The third-order valence-corrected chi connectivity index (χ3v) is 2.93. The van der Waals surface area contributed by atoms with Gasteiger partial charge in [0.1, 0.15) is 0 Å². The molecular weight excluding hydrogens is 244 g/mol. The van der Waals surface area contributed by atoms with Crippen molar-refractivity contribution in [2.24, 2.45) is 5.84 Å². The summed E-state index contributed by atoms with van der Waals surface area (Å²) < 4.78 is 0.704. The molecule has 88 valence electrons. The minimum absolute atomic E-state index is 0.262. The van der Waals surface area contributed by atoms with Crippen LogP contribution >= 0.6 is 11.3 Å². The van der Waals surface area contributed by atoms with Crippen LogP contribution < -0.4 is 16.6 Å². The summed E-state index contributed by atoms with van der Waals surface area (Å²) in [5, 5.41) is 11.0. The molecule has 0 spiro atoms. The fourth-order valence-electron chi connectivity index (χ4n) is 1.29. The number of hydrogen-bond donors (Lipinski definition) is 4. The molecule has 0 radical (unpaired) electrons. The van der Waals surface area contributed by atoms with Gasteiger partial charge in [-0.15, -0.1) is 0 Å². The van der Waals surface area contributed by atoms with Gasteiger partial charge in [0, 0.05) is 5.56 Å². The maximum atomic E-state index is 11.3. The number of hydrogen-bond acceptors (Lipinski definition) is 5. The predicted molar refractivity (Wildman–Crippen MR) is 62.9 cm³/mol. The fourth-order valence-corrected chi connectivity index (χ4v) is 2.19. The van der Waals surface area contributed by atoms with Crippen molar-refractivity contribution in [2.75, 3.05) is 5.32 Å². The summed E-state index contributed by atoms with van der Waals surface area (Å²) in [6.45, 7) is 0. The zero-order valence-corrected chi connectivity index (χ0v) is 9.25. The highest BCUT2D eigenvalue weighted by molar-refractivity contribution is 7.22. The first kappa shape index (κ1) is 11.3. The Hall–Kier alpha value is -2.19. The lowest BCUT2D eigenvalue weighted by Gasteiger charge is -1.97. The highest BCUT2D eigenvalue weighted by Gasteiger charge is 2.09. The van der Waals surface area contributed by atoms with Gasteiger partial charge < -0.3 is 5.11 Å². The van der Waals surface area contributed by atoms with Crippen LogP contribution in [-0.2, 0) is 0 Å². The number of carbonyl (C=O) groups excluding carboxylic acids is 1. The molecule has 2 rings (SSSR count). The van der Waals surface area contributed by atoms with E-state index < -0.39 is 12.0 Å². The van der Waals surface area contributed by atoms with Crippen molar-refractivity contribution >= 4 is 38.7 Å². The maximum absolute atomic E-state index is 11.3. The molecule has 0 saturated carbocycles. The molecule has 1 aromatic carbocycles. The number of hydrazine groups is 1. The van der Waals surface area contributed by atoms with Crippen LogP contribution in [0.2, 0.25) is 0 Å². The predicted octanol–water partition coefficient (Wildman–Crippen LogP) is 0.990. The van der Waals surface area contributed by atoms with Gasteiger partial charge >= 0.3 is 6.09 Å². The highest BCUT2D eigenvalue weighted by atomic mass is 32.1. The van der Waals surface area contributed by atoms with Crippen molar-refractivity contribution in [3.8, 4) is 0 Å². The molecule has 0 aliphatic carbocycles. The van der Waals surface area contributed by atoms with E-state index >= 15 is 0 Å². The van der Waals surface area contributed by atoms with E-state index in [1.54, 1.807) is 18.2 Å². The van der Waals surface area contributed by atoms with Crippen molar-refractivity contribution in [3.63, 3.8) is 0 Å². The standard InChI is InChI=1S/C9H8N4O3S/c10-13-7(14)4-1-2-5-6(3-4)17-8(11-5)12-9(15)16/h1-3H,10H2,(H,11,12)(H,13,14)(H,15,16). The summed E-state index contributed by atoms with van der Waals surface area (Å²) in [6.07, 6.45) is -1.18. The lowest BCUT2D eigenvalue weighted by molar-refractivity contribution is 0.0953. The van der Waals surface area contributed by atoms with Crippen LogP contribution in [-0.4, -0.2) is 22.1 Å². The number of rotatable bonds is 2. The Bertz CT molecular complexity index is 595. The second-order valence-corrected chi connectivity index (χ2v) is 4.14. The van der Waals surface area contributed by atoms with E-state index in [2.05, 4.69) is 10.3 Å². The summed E-state index contributed by atoms with van der Waals surface area (Å²) in [6, 6.07) is 4.79. The van der Waals surface area contributed by atoms with Crippen LogP contribution in [0.5, 0.6) is 0 Å². The van der Waals surface area contributed by atoms with Crippen molar-refractivity contribution in [3.05, 3.63) is 23.8 Å². The zero-order valence-electron chi connectivity index (χ0n) is 8.43. The normalized spacial score (nSPS) is 10.2. The molecule has 0 fully saturated rings. The van der Waals surface area contributed by atoms with Gasteiger partial charge in [0.15, 0.2) is 5.13 Å². The van der Waals surface area contributed by atoms with Crippen LogP contribution in [0.15, 0.2) is 18.2 Å².